The largest absolute Gasteiger partial charge is 0.414 e. The molecule has 10 heteroatoms. The summed E-state index contributed by atoms with van der Waals surface area (Å²) in [6, 6.07) is 1.31. The van der Waals surface area contributed by atoms with Crippen molar-refractivity contribution in [3.05, 3.63) is 33.1 Å². The third-order valence-corrected chi connectivity index (χ3v) is 16.3. The van der Waals surface area contributed by atoms with E-state index in [1.54, 1.807) is 7.11 Å². The van der Waals surface area contributed by atoms with Gasteiger partial charge >= 0.3 is 5.69 Å². The molecule has 0 radical (unpaired) electrons. The number of nitrogens with zero attached hydrogens (tertiary/aromatic N) is 1. The van der Waals surface area contributed by atoms with Crippen LogP contribution in [-0.2, 0) is 18.3 Å². The number of hydrogen-bond donors (Lipinski definition) is 1. The van der Waals surface area contributed by atoms with E-state index >= 15 is 0 Å². The molecule has 0 spiro atoms. The molecule has 184 valence electrons. The zero-order valence-corrected chi connectivity index (χ0v) is 23.6. The summed E-state index contributed by atoms with van der Waals surface area (Å²) in [7, 11) is -2.61. The third kappa shape index (κ3) is 5.71. The van der Waals surface area contributed by atoms with Crippen LogP contribution >= 0.6 is 0 Å². The molecule has 0 bridgehead atoms. The third-order valence-electron chi connectivity index (χ3n) is 7.33. The van der Waals surface area contributed by atoms with Crippen LogP contribution in [0.15, 0.2) is 21.9 Å². The maximum absolute atomic E-state index is 12.6. The molecule has 0 saturated carbocycles. The molecule has 1 aliphatic rings. The van der Waals surface area contributed by atoms with E-state index < -0.39 is 52.4 Å². The van der Waals surface area contributed by atoms with Gasteiger partial charge in [-0.1, -0.05) is 41.5 Å². The molecule has 0 amide bonds. The topological polar surface area (TPSA) is 91.8 Å². The lowest BCUT2D eigenvalue weighted by Gasteiger charge is -2.40. The summed E-state index contributed by atoms with van der Waals surface area (Å²) in [4.78, 5) is 26.5. The van der Waals surface area contributed by atoms with E-state index in [4.69, 9.17) is 18.3 Å². The number of methoxy groups -OCH3 is 1. The van der Waals surface area contributed by atoms with E-state index in [0.29, 0.717) is 6.61 Å². The minimum absolute atomic E-state index is 0.0401. The highest BCUT2D eigenvalue weighted by Crippen LogP contribution is 2.43. The first kappa shape index (κ1) is 27.2. The second kappa shape index (κ2) is 9.30. The van der Waals surface area contributed by atoms with Crippen LogP contribution in [0.2, 0.25) is 36.3 Å². The smallest absolute Gasteiger partial charge is 0.330 e. The molecule has 1 aromatic heterocycles. The van der Waals surface area contributed by atoms with Gasteiger partial charge < -0.3 is 18.3 Å². The minimum Gasteiger partial charge on any atom is -0.414 e. The Hall–Kier alpha value is -1.05. The van der Waals surface area contributed by atoms with Crippen molar-refractivity contribution in [2.24, 2.45) is 0 Å². The Bertz CT molecular complexity index is 897. The Balaban J connectivity index is 2.43. The molecule has 1 fully saturated rings. The number of aromatic amines is 1. The van der Waals surface area contributed by atoms with Gasteiger partial charge in [-0.05, 0) is 36.3 Å². The molecule has 2 rings (SSSR count). The van der Waals surface area contributed by atoms with Crippen molar-refractivity contribution in [3.63, 3.8) is 0 Å². The zero-order chi connectivity index (χ0) is 24.7. The first-order valence-corrected chi connectivity index (χ1v) is 17.0. The van der Waals surface area contributed by atoms with Crippen molar-refractivity contribution in [1.82, 2.24) is 9.55 Å². The molecule has 8 nitrogen and oxygen atoms in total. The van der Waals surface area contributed by atoms with Gasteiger partial charge in [-0.25, -0.2) is 4.79 Å². The quantitative estimate of drug-likeness (QED) is 0.589. The monoisotopic (exact) mass is 486 g/mol. The van der Waals surface area contributed by atoms with Crippen LogP contribution in [0.4, 0.5) is 0 Å². The number of nitrogens with one attached hydrogen (secondary N) is 1. The fourth-order valence-electron chi connectivity index (χ4n) is 3.13. The Morgan fingerprint density at radius 2 is 1.56 bits per heavy atom. The number of hydrogen-bond acceptors (Lipinski definition) is 6. The highest BCUT2D eigenvalue weighted by molar-refractivity contribution is 6.74. The Kier molecular flexibility index (Phi) is 7.91. The predicted molar refractivity (Wildman–Crippen MR) is 131 cm³/mol. The molecule has 2 heterocycles. The van der Waals surface area contributed by atoms with Crippen molar-refractivity contribution in [2.75, 3.05) is 13.7 Å². The van der Waals surface area contributed by atoms with E-state index in [1.807, 2.05) is 0 Å². The number of aromatic nitrogens is 2. The van der Waals surface area contributed by atoms with Crippen molar-refractivity contribution in [3.8, 4) is 0 Å². The Labute approximate surface area is 193 Å². The number of H-pyrrole nitrogens is 1. The average Bonchev–Trinajstić information content (AvgIpc) is 2.94. The summed E-state index contributed by atoms with van der Waals surface area (Å²) in [5, 5.41) is 0.0159. The minimum atomic E-state index is -2.23. The summed E-state index contributed by atoms with van der Waals surface area (Å²) in [5.74, 6) is 0. The van der Waals surface area contributed by atoms with Crippen LogP contribution in [0.3, 0.4) is 0 Å². The fraction of sp³-hybridized carbons (Fsp3) is 0.818. The summed E-state index contributed by atoms with van der Waals surface area (Å²) in [5.41, 5.74) is -0.987. The van der Waals surface area contributed by atoms with E-state index in [1.165, 1.54) is 16.8 Å². The van der Waals surface area contributed by atoms with Crippen LogP contribution in [0.1, 0.15) is 47.8 Å². The molecule has 0 unspecified atom stereocenters. The van der Waals surface area contributed by atoms with E-state index in [0.717, 1.165) is 0 Å². The van der Waals surface area contributed by atoms with E-state index in [-0.39, 0.29) is 10.1 Å². The lowest BCUT2D eigenvalue weighted by atomic mass is 10.1. The fourth-order valence-corrected chi connectivity index (χ4v) is 5.43. The van der Waals surface area contributed by atoms with Crippen LogP contribution in [0.5, 0.6) is 0 Å². The molecule has 32 heavy (non-hydrogen) atoms. The Morgan fingerprint density at radius 1 is 1.00 bits per heavy atom. The van der Waals surface area contributed by atoms with Crippen LogP contribution in [-0.4, -0.2) is 58.2 Å². The first-order valence-electron chi connectivity index (χ1n) is 11.2. The van der Waals surface area contributed by atoms with Gasteiger partial charge in [0.1, 0.15) is 18.3 Å². The second-order valence-corrected chi connectivity index (χ2v) is 21.3. The van der Waals surface area contributed by atoms with E-state index in [2.05, 4.69) is 72.7 Å². The maximum atomic E-state index is 12.6. The number of rotatable bonds is 7. The van der Waals surface area contributed by atoms with Gasteiger partial charge in [-0.15, -0.1) is 0 Å². The van der Waals surface area contributed by atoms with Gasteiger partial charge in [0, 0.05) is 19.4 Å². The zero-order valence-electron chi connectivity index (χ0n) is 21.6. The van der Waals surface area contributed by atoms with Gasteiger partial charge in [0.25, 0.3) is 5.56 Å². The second-order valence-electron chi connectivity index (χ2n) is 11.7. The lowest BCUT2D eigenvalue weighted by molar-refractivity contribution is -0.0538. The van der Waals surface area contributed by atoms with Crippen LogP contribution in [0.25, 0.3) is 0 Å². The predicted octanol–water partition coefficient (Wildman–Crippen LogP) is 3.86. The van der Waals surface area contributed by atoms with Gasteiger partial charge in [0.15, 0.2) is 22.9 Å². The molecule has 1 saturated heterocycles. The standard InChI is InChI=1S/C22H42N2O6Si2/c1-21(2,3)31(8,9)28-14-15-17(27-7)18(30-32(10,11)22(4,5)6)19(29-15)24-13-12-16(25)23-20(24)26/h12-13,15,17-19H,14H2,1-11H3,(H,23,25,26)/t15-,17-,18-,19-/m1/s1. The van der Waals surface area contributed by atoms with E-state index in [9.17, 15) is 9.59 Å². The normalized spacial score (nSPS) is 25.3. The molecule has 0 aromatic carbocycles. The summed E-state index contributed by atoms with van der Waals surface area (Å²) in [6.07, 6.45) is -0.619. The maximum Gasteiger partial charge on any atom is 0.330 e. The molecular weight excluding hydrogens is 444 g/mol. The van der Waals surface area contributed by atoms with Crippen molar-refractivity contribution < 1.29 is 18.3 Å². The van der Waals surface area contributed by atoms with Crippen LogP contribution in [0, 0.1) is 0 Å². The van der Waals surface area contributed by atoms with Crippen molar-refractivity contribution >= 4 is 16.6 Å². The highest BCUT2D eigenvalue weighted by Gasteiger charge is 2.52. The molecule has 1 aliphatic heterocycles. The summed E-state index contributed by atoms with van der Waals surface area (Å²) < 4.78 is 26.8. The Morgan fingerprint density at radius 3 is 2.03 bits per heavy atom. The number of ether oxygens (including phenoxy) is 2. The molecular formula is C22H42N2O6Si2. The SMILES string of the molecule is CO[C@H]1[C@@H](O[Si](C)(C)C(C)(C)C)[C@H](n2ccc(=O)[nH]c2=O)O[C@@H]1CO[Si](C)(C)C(C)(C)C. The summed E-state index contributed by atoms with van der Waals surface area (Å²) >= 11 is 0. The van der Waals surface area contributed by atoms with Gasteiger partial charge in [-0.2, -0.15) is 0 Å². The van der Waals surface area contributed by atoms with Gasteiger partial charge in [0.2, 0.25) is 0 Å². The molecule has 4 atom stereocenters. The summed E-state index contributed by atoms with van der Waals surface area (Å²) in [6.45, 7) is 22.1. The molecule has 1 aromatic rings. The lowest BCUT2D eigenvalue weighted by Crippen LogP contribution is -2.50. The molecule has 0 aliphatic carbocycles. The van der Waals surface area contributed by atoms with Crippen LogP contribution < -0.4 is 11.2 Å². The van der Waals surface area contributed by atoms with Crippen molar-refractivity contribution in [1.29, 1.82) is 0 Å². The first-order chi connectivity index (χ1) is 14.4. The highest BCUT2D eigenvalue weighted by atomic mass is 28.4. The van der Waals surface area contributed by atoms with Crippen molar-refractivity contribution in [2.45, 2.75) is 102 Å². The molecule has 1 N–H and O–H groups in total. The average molecular weight is 487 g/mol. The van der Waals surface area contributed by atoms with Gasteiger partial charge in [0.05, 0.1) is 6.61 Å². The van der Waals surface area contributed by atoms with Gasteiger partial charge in [-0.3, -0.25) is 14.3 Å².